The maximum absolute atomic E-state index is 9.77. The second kappa shape index (κ2) is 6.26. The van der Waals surface area contributed by atoms with E-state index in [0.29, 0.717) is 12.2 Å². The summed E-state index contributed by atoms with van der Waals surface area (Å²) in [6, 6.07) is 9.86. The Bertz CT molecular complexity index is 343. The predicted molar refractivity (Wildman–Crippen MR) is 66.0 cm³/mol. The van der Waals surface area contributed by atoms with Gasteiger partial charge in [-0.25, -0.2) is 0 Å². The molecule has 0 bridgehead atoms. The van der Waals surface area contributed by atoms with E-state index in [1.165, 1.54) is 0 Å². The summed E-state index contributed by atoms with van der Waals surface area (Å²) in [6.07, 6.45) is 0.569. The fourth-order valence-corrected chi connectivity index (χ4v) is 1.32. The average molecular weight is 218 g/mol. The van der Waals surface area contributed by atoms with Gasteiger partial charge < -0.3 is 9.84 Å². The molecule has 1 N–H and O–H groups in total. The van der Waals surface area contributed by atoms with E-state index in [1.54, 1.807) is 6.08 Å². The number of benzene rings is 1. The lowest BCUT2D eigenvalue weighted by molar-refractivity contribution is -0.0182. The van der Waals surface area contributed by atoms with Crippen molar-refractivity contribution >= 4 is 0 Å². The first-order valence-electron chi connectivity index (χ1n) is 5.30. The van der Waals surface area contributed by atoms with Crippen LogP contribution in [0, 0.1) is 0 Å². The van der Waals surface area contributed by atoms with Gasteiger partial charge in [0.05, 0.1) is 12.7 Å². The van der Waals surface area contributed by atoms with Crippen LogP contribution in [-0.2, 0) is 11.3 Å². The van der Waals surface area contributed by atoms with E-state index >= 15 is 0 Å². The second-order valence-corrected chi connectivity index (χ2v) is 3.73. The lowest BCUT2D eigenvalue weighted by atomic mass is 10.1. The Hall–Kier alpha value is -1.38. The maximum Gasteiger partial charge on any atom is 0.104 e. The summed E-state index contributed by atoms with van der Waals surface area (Å²) in [5.74, 6) is 0. The Morgan fingerprint density at radius 1 is 1.44 bits per heavy atom. The normalized spacial score (nSPS) is 14.1. The topological polar surface area (TPSA) is 29.5 Å². The second-order valence-electron chi connectivity index (χ2n) is 3.73. The minimum atomic E-state index is -0.693. The average Bonchev–Trinajstić information content (AvgIpc) is 2.35. The third-order valence-electron chi connectivity index (χ3n) is 2.44. The van der Waals surface area contributed by atoms with Gasteiger partial charge in [-0.3, -0.25) is 0 Å². The summed E-state index contributed by atoms with van der Waals surface area (Å²) in [4.78, 5) is 0. The Balaban J connectivity index is 2.44. The first-order chi connectivity index (χ1) is 7.65. The monoisotopic (exact) mass is 218 g/mol. The molecule has 0 aromatic heterocycles. The van der Waals surface area contributed by atoms with Crippen LogP contribution in [0.5, 0.6) is 0 Å². The van der Waals surface area contributed by atoms with E-state index in [2.05, 4.69) is 13.2 Å². The van der Waals surface area contributed by atoms with Gasteiger partial charge in [0.1, 0.15) is 6.10 Å². The lowest BCUT2D eigenvalue weighted by Gasteiger charge is -2.19. The highest BCUT2D eigenvalue weighted by molar-refractivity contribution is 5.18. The molecule has 2 nitrogen and oxygen atoms in total. The maximum atomic E-state index is 9.77. The van der Waals surface area contributed by atoms with Gasteiger partial charge >= 0.3 is 0 Å². The lowest BCUT2D eigenvalue weighted by Crippen LogP contribution is -2.26. The van der Waals surface area contributed by atoms with Crippen LogP contribution in [0.1, 0.15) is 12.5 Å². The first kappa shape index (κ1) is 12.7. The molecule has 1 rings (SSSR count). The van der Waals surface area contributed by atoms with E-state index in [4.69, 9.17) is 4.74 Å². The fourth-order valence-electron chi connectivity index (χ4n) is 1.32. The zero-order valence-electron chi connectivity index (χ0n) is 9.60. The van der Waals surface area contributed by atoms with Crippen LogP contribution >= 0.6 is 0 Å². The largest absolute Gasteiger partial charge is 0.386 e. The summed E-state index contributed by atoms with van der Waals surface area (Å²) in [5.41, 5.74) is 1.67. The molecule has 0 aliphatic heterocycles. The molecule has 0 spiro atoms. The van der Waals surface area contributed by atoms with Gasteiger partial charge in [-0.15, -0.1) is 0 Å². The molecule has 1 aromatic rings. The Morgan fingerprint density at radius 3 is 2.62 bits per heavy atom. The number of rotatable bonds is 6. The van der Waals surface area contributed by atoms with Crippen molar-refractivity contribution < 1.29 is 9.84 Å². The number of hydrogen-bond donors (Lipinski definition) is 1. The molecule has 0 fully saturated rings. The molecule has 2 atom stereocenters. The third kappa shape index (κ3) is 3.65. The van der Waals surface area contributed by atoms with Crippen LogP contribution in [0.3, 0.4) is 0 Å². The number of aliphatic hydroxyl groups excluding tert-OH is 1. The Labute approximate surface area is 96.9 Å². The van der Waals surface area contributed by atoms with Crippen molar-refractivity contribution in [1.82, 2.24) is 0 Å². The minimum Gasteiger partial charge on any atom is -0.386 e. The molecule has 0 aliphatic rings. The molecule has 0 amide bonds. The van der Waals surface area contributed by atoms with Gasteiger partial charge in [-0.05, 0) is 18.1 Å². The zero-order valence-corrected chi connectivity index (χ0v) is 9.60. The van der Waals surface area contributed by atoms with Crippen molar-refractivity contribution in [1.29, 1.82) is 0 Å². The molecule has 0 heterocycles. The van der Waals surface area contributed by atoms with E-state index in [9.17, 15) is 5.11 Å². The summed E-state index contributed by atoms with van der Waals surface area (Å²) >= 11 is 0. The number of aliphatic hydroxyl groups is 1. The standard InChI is InChI=1S/C14H18O2/c1-4-11(2)14(15)12(3)16-10-13-8-6-5-7-9-13/h4-9,12,14-15H,1-2,10H2,3H3/t12-,14+/m0/s1. The van der Waals surface area contributed by atoms with Gasteiger partial charge in [-0.1, -0.05) is 49.6 Å². The van der Waals surface area contributed by atoms with Crippen molar-refractivity contribution in [3.05, 3.63) is 60.7 Å². The van der Waals surface area contributed by atoms with E-state index in [0.717, 1.165) is 5.56 Å². The Kier molecular flexibility index (Phi) is 4.96. The first-order valence-corrected chi connectivity index (χ1v) is 5.30. The van der Waals surface area contributed by atoms with Crippen molar-refractivity contribution in [3.63, 3.8) is 0 Å². The van der Waals surface area contributed by atoms with E-state index in [-0.39, 0.29) is 6.10 Å². The molecule has 0 radical (unpaired) electrons. The van der Waals surface area contributed by atoms with Gasteiger partial charge in [0.15, 0.2) is 0 Å². The quantitative estimate of drug-likeness (QED) is 0.744. The molecule has 0 saturated carbocycles. The highest BCUT2D eigenvalue weighted by atomic mass is 16.5. The fraction of sp³-hybridized carbons (Fsp3) is 0.286. The van der Waals surface area contributed by atoms with Crippen molar-refractivity contribution in [3.8, 4) is 0 Å². The van der Waals surface area contributed by atoms with Gasteiger partial charge in [0.2, 0.25) is 0 Å². The van der Waals surface area contributed by atoms with Crippen molar-refractivity contribution in [2.45, 2.75) is 25.7 Å². The van der Waals surface area contributed by atoms with Crippen molar-refractivity contribution in [2.75, 3.05) is 0 Å². The van der Waals surface area contributed by atoms with E-state index < -0.39 is 6.10 Å². The Morgan fingerprint density at radius 2 is 2.06 bits per heavy atom. The number of ether oxygens (including phenoxy) is 1. The summed E-state index contributed by atoms with van der Waals surface area (Å²) < 4.78 is 5.55. The third-order valence-corrected chi connectivity index (χ3v) is 2.44. The van der Waals surface area contributed by atoms with Crippen LogP contribution in [0.2, 0.25) is 0 Å². The highest BCUT2D eigenvalue weighted by Crippen LogP contribution is 2.11. The van der Waals surface area contributed by atoms with Gasteiger partial charge in [0, 0.05) is 0 Å². The highest BCUT2D eigenvalue weighted by Gasteiger charge is 2.15. The van der Waals surface area contributed by atoms with Crippen LogP contribution in [0.25, 0.3) is 0 Å². The molecule has 1 aromatic carbocycles. The van der Waals surface area contributed by atoms with E-state index in [1.807, 2.05) is 37.3 Å². The molecule has 86 valence electrons. The molecule has 0 aliphatic carbocycles. The predicted octanol–water partition coefficient (Wildman–Crippen LogP) is 2.69. The number of hydrogen-bond acceptors (Lipinski definition) is 2. The van der Waals surface area contributed by atoms with Gasteiger partial charge in [0.25, 0.3) is 0 Å². The molecular formula is C14H18O2. The van der Waals surface area contributed by atoms with Crippen molar-refractivity contribution in [2.24, 2.45) is 0 Å². The van der Waals surface area contributed by atoms with Crippen LogP contribution < -0.4 is 0 Å². The molecule has 0 unspecified atom stereocenters. The molecule has 2 heteroatoms. The summed E-state index contributed by atoms with van der Waals surface area (Å²) in [7, 11) is 0. The smallest absolute Gasteiger partial charge is 0.104 e. The molecule has 16 heavy (non-hydrogen) atoms. The van der Waals surface area contributed by atoms with Crippen LogP contribution in [-0.4, -0.2) is 17.3 Å². The molecular weight excluding hydrogens is 200 g/mol. The minimum absolute atomic E-state index is 0.286. The summed E-state index contributed by atoms with van der Waals surface area (Å²) in [5, 5.41) is 9.77. The zero-order chi connectivity index (χ0) is 12.0. The summed E-state index contributed by atoms with van der Waals surface area (Å²) in [6.45, 7) is 9.58. The SMILES string of the molecule is C=CC(=C)[C@@H](O)[C@H](C)OCc1ccccc1. The van der Waals surface area contributed by atoms with Crippen LogP contribution in [0.4, 0.5) is 0 Å². The van der Waals surface area contributed by atoms with Gasteiger partial charge in [-0.2, -0.15) is 0 Å². The van der Waals surface area contributed by atoms with Crippen LogP contribution in [0.15, 0.2) is 55.1 Å². The molecule has 0 saturated heterocycles.